The molecule has 0 aromatic carbocycles. The molecule has 1 N–H and O–H groups in total. The van der Waals surface area contributed by atoms with Crippen LogP contribution in [-0.4, -0.2) is 32.7 Å². The minimum atomic E-state index is 0.592. The zero-order valence-electron chi connectivity index (χ0n) is 12.6. The zero-order valence-corrected chi connectivity index (χ0v) is 12.6. The summed E-state index contributed by atoms with van der Waals surface area (Å²) in [4.78, 5) is 13.7. The van der Waals surface area contributed by atoms with E-state index in [-0.39, 0.29) is 0 Å². The van der Waals surface area contributed by atoms with Crippen molar-refractivity contribution < 1.29 is 4.74 Å². The molecule has 1 aliphatic heterocycles. The number of fused-ring (bicyclic) bond motifs is 1. The number of aryl methyl sites for hydroxylation is 1. The molecule has 3 heterocycles. The molecule has 2 aromatic heterocycles. The second-order valence-electron chi connectivity index (χ2n) is 5.12. The molecule has 0 bridgehead atoms. The fraction of sp³-hybridized carbons (Fsp3) is 0.533. The molecule has 0 spiro atoms. The molecule has 0 fully saturated rings. The number of anilines is 1. The number of nitrogens with one attached hydrogen (secondary N) is 1. The lowest BCUT2D eigenvalue weighted by molar-refractivity contribution is 0.109. The molecule has 112 valence electrons. The Labute approximate surface area is 124 Å². The molecule has 0 aliphatic carbocycles. The van der Waals surface area contributed by atoms with Crippen molar-refractivity contribution in [2.24, 2.45) is 0 Å². The van der Waals surface area contributed by atoms with Gasteiger partial charge >= 0.3 is 0 Å². The third-order valence-corrected chi connectivity index (χ3v) is 3.65. The van der Waals surface area contributed by atoms with E-state index in [1.54, 1.807) is 0 Å². The highest BCUT2D eigenvalue weighted by molar-refractivity contribution is 5.57. The minimum Gasteiger partial charge on any atom is -0.376 e. The Bertz CT molecular complexity index is 623. The summed E-state index contributed by atoms with van der Waals surface area (Å²) in [5.74, 6) is 1.65. The first kappa shape index (κ1) is 14.0. The van der Waals surface area contributed by atoms with Crippen LogP contribution in [0.1, 0.15) is 31.5 Å². The molecule has 0 amide bonds. The largest absolute Gasteiger partial charge is 0.376 e. The van der Waals surface area contributed by atoms with Crippen molar-refractivity contribution in [1.82, 2.24) is 19.5 Å². The minimum absolute atomic E-state index is 0.592. The summed E-state index contributed by atoms with van der Waals surface area (Å²) >= 11 is 0. The molecule has 21 heavy (non-hydrogen) atoms. The Morgan fingerprint density at radius 2 is 2.24 bits per heavy atom. The normalized spacial score (nSPS) is 14.0. The smallest absolute Gasteiger partial charge is 0.180 e. The van der Waals surface area contributed by atoms with Crippen LogP contribution in [0.5, 0.6) is 0 Å². The van der Waals surface area contributed by atoms with E-state index in [0.29, 0.717) is 6.61 Å². The molecule has 2 aromatic rings. The van der Waals surface area contributed by atoms with Gasteiger partial charge in [0.25, 0.3) is 0 Å². The summed E-state index contributed by atoms with van der Waals surface area (Å²) in [5.41, 5.74) is 3.15. The van der Waals surface area contributed by atoms with Crippen LogP contribution in [0.4, 0.5) is 5.82 Å². The van der Waals surface area contributed by atoms with Gasteiger partial charge in [0, 0.05) is 25.1 Å². The lowest BCUT2D eigenvalue weighted by Gasteiger charge is -2.20. The first-order chi connectivity index (χ1) is 10.3. The van der Waals surface area contributed by atoms with Crippen molar-refractivity contribution in [3.8, 4) is 11.5 Å². The van der Waals surface area contributed by atoms with Crippen LogP contribution in [-0.2, 0) is 24.3 Å². The van der Waals surface area contributed by atoms with Crippen LogP contribution in [0.25, 0.3) is 11.5 Å². The summed E-state index contributed by atoms with van der Waals surface area (Å²) in [7, 11) is 0. The second kappa shape index (κ2) is 6.22. The third-order valence-electron chi connectivity index (χ3n) is 3.65. The number of nitrogens with zero attached hydrogens (tertiary/aromatic N) is 4. The summed E-state index contributed by atoms with van der Waals surface area (Å²) in [6, 6.07) is 0. The van der Waals surface area contributed by atoms with Crippen LogP contribution >= 0.6 is 0 Å². The molecule has 0 saturated heterocycles. The molecule has 0 atom stereocenters. The summed E-state index contributed by atoms with van der Waals surface area (Å²) in [6.45, 7) is 7.31. The lowest BCUT2D eigenvalue weighted by atomic mass is 10.1. The van der Waals surface area contributed by atoms with Crippen molar-refractivity contribution in [3.05, 3.63) is 23.8 Å². The van der Waals surface area contributed by atoms with Gasteiger partial charge in [0.05, 0.1) is 31.4 Å². The van der Waals surface area contributed by atoms with E-state index in [4.69, 9.17) is 14.7 Å². The monoisotopic (exact) mass is 287 g/mol. The van der Waals surface area contributed by atoms with Crippen molar-refractivity contribution in [2.75, 3.05) is 18.5 Å². The van der Waals surface area contributed by atoms with Gasteiger partial charge in [-0.3, -0.25) is 0 Å². The number of ether oxygens (including phenoxy) is 1. The molecule has 0 saturated carbocycles. The molecular weight excluding hydrogens is 266 g/mol. The maximum atomic E-state index is 5.55. The van der Waals surface area contributed by atoms with Crippen molar-refractivity contribution >= 4 is 5.82 Å². The Balaban J connectivity index is 2.05. The van der Waals surface area contributed by atoms with E-state index in [9.17, 15) is 0 Å². The highest BCUT2D eigenvalue weighted by Gasteiger charge is 2.19. The summed E-state index contributed by atoms with van der Waals surface area (Å²) in [6.07, 6.45) is 5.54. The fourth-order valence-corrected chi connectivity index (χ4v) is 2.50. The topological polar surface area (TPSA) is 64.9 Å². The summed E-state index contributed by atoms with van der Waals surface area (Å²) < 4.78 is 7.61. The first-order valence-corrected chi connectivity index (χ1v) is 7.55. The molecule has 0 radical (unpaired) electrons. The molecule has 1 aliphatic rings. The van der Waals surface area contributed by atoms with Crippen LogP contribution in [0.2, 0.25) is 0 Å². The van der Waals surface area contributed by atoms with Crippen molar-refractivity contribution in [3.63, 3.8) is 0 Å². The fourth-order valence-electron chi connectivity index (χ4n) is 2.50. The Hall–Kier alpha value is -1.95. The van der Waals surface area contributed by atoms with Gasteiger partial charge in [0.2, 0.25) is 0 Å². The first-order valence-electron chi connectivity index (χ1n) is 7.55. The van der Waals surface area contributed by atoms with Gasteiger partial charge in [-0.25, -0.2) is 15.0 Å². The number of aromatic nitrogens is 4. The number of rotatable bonds is 5. The SMILES string of the molecule is CCCNc1nc(-c2cncn2CC)nc2c1COCC2. The molecule has 6 heteroatoms. The Morgan fingerprint density at radius 1 is 1.33 bits per heavy atom. The molecule has 3 rings (SSSR count). The predicted molar refractivity (Wildman–Crippen MR) is 81.1 cm³/mol. The van der Waals surface area contributed by atoms with Gasteiger partial charge < -0.3 is 14.6 Å². The van der Waals surface area contributed by atoms with Gasteiger partial charge in [0.1, 0.15) is 11.5 Å². The quantitative estimate of drug-likeness (QED) is 0.913. The van der Waals surface area contributed by atoms with Crippen molar-refractivity contribution in [2.45, 2.75) is 39.8 Å². The van der Waals surface area contributed by atoms with Gasteiger partial charge in [0.15, 0.2) is 5.82 Å². The number of hydrogen-bond donors (Lipinski definition) is 1. The van der Waals surface area contributed by atoms with Crippen LogP contribution < -0.4 is 5.32 Å². The highest BCUT2D eigenvalue weighted by atomic mass is 16.5. The van der Waals surface area contributed by atoms with Crippen LogP contribution in [0.15, 0.2) is 12.5 Å². The van der Waals surface area contributed by atoms with Gasteiger partial charge in [-0.15, -0.1) is 0 Å². The maximum Gasteiger partial charge on any atom is 0.180 e. The maximum absolute atomic E-state index is 5.55. The number of imidazole rings is 1. The van der Waals surface area contributed by atoms with E-state index in [2.05, 4.69) is 28.7 Å². The zero-order chi connectivity index (χ0) is 14.7. The number of hydrogen-bond acceptors (Lipinski definition) is 5. The highest BCUT2D eigenvalue weighted by Crippen LogP contribution is 2.26. The Morgan fingerprint density at radius 3 is 3.05 bits per heavy atom. The second-order valence-corrected chi connectivity index (χ2v) is 5.12. The third kappa shape index (κ3) is 2.76. The van der Waals surface area contributed by atoms with Crippen LogP contribution in [0.3, 0.4) is 0 Å². The average molecular weight is 287 g/mol. The van der Waals surface area contributed by atoms with Gasteiger partial charge in [-0.1, -0.05) is 6.92 Å². The Kier molecular flexibility index (Phi) is 4.15. The molecule has 0 unspecified atom stereocenters. The molecule has 6 nitrogen and oxygen atoms in total. The van der Waals surface area contributed by atoms with Gasteiger partial charge in [-0.2, -0.15) is 0 Å². The molecular formula is C15H21N5O. The van der Waals surface area contributed by atoms with E-state index in [1.165, 1.54) is 0 Å². The average Bonchev–Trinajstić information content (AvgIpc) is 3.01. The predicted octanol–water partition coefficient (Wildman–Crippen LogP) is 2.25. The van der Waals surface area contributed by atoms with Crippen molar-refractivity contribution in [1.29, 1.82) is 0 Å². The van der Waals surface area contributed by atoms with Gasteiger partial charge in [-0.05, 0) is 13.3 Å². The summed E-state index contributed by atoms with van der Waals surface area (Å²) in [5, 5.41) is 3.40. The lowest BCUT2D eigenvalue weighted by Crippen LogP contribution is -2.18. The van der Waals surface area contributed by atoms with Crippen LogP contribution in [0, 0.1) is 0 Å². The van der Waals surface area contributed by atoms with E-state index in [0.717, 1.165) is 61.1 Å². The van der Waals surface area contributed by atoms with E-state index in [1.807, 2.05) is 12.5 Å². The van der Waals surface area contributed by atoms with E-state index < -0.39 is 0 Å². The standard InChI is InChI=1S/C15H21N5O/c1-3-6-17-14-11-9-21-7-5-12(11)18-15(19-14)13-8-16-10-20(13)4-2/h8,10H,3-7,9H2,1-2H3,(H,17,18,19). The van der Waals surface area contributed by atoms with E-state index >= 15 is 0 Å².